The standard InChI is InChI=1S/C13H10BrClF2S/c1-6-3-4-9(16)11(13(6)17)12(15)10-5-8(14)7(2)18-10/h3-5,12H,1-2H3. The highest BCUT2D eigenvalue weighted by Gasteiger charge is 2.23. The van der Waals surface area contributed by atoms with Crippen LogP contribution in [0, 0.1) is 25.5 Å². The molecule has 0 radical (unpaired) electrons. The minimum atomic E-state index is -0.806. The van der Waals surface area contributed by atoms with Crippen LogP contribution in [-0.2, 0) is 0 Å². The predicted octanol–water partition coefficient (Wildman–Crippen LogP) is 5.73. The van der Waals surface area contributed by atoms with E-state index in [0.717, 1.165) is 14.2 Å². The van der Waals surface area contributed by atoms with E-state index in [1.165, 1.54) is 23.5 Å². The number of thiophene rings is 1. The van der Waals surface area contributed by atoms with Crippen molar-refractivity contribution >= 4 is 38.9 Å². The highest BCUT2D eigenvalue weighted by atomic mass is 79.9. The molecule has 0 aliphatic carbocycles. The third kappa shape index (κ3) is 2.46. The van der Waals surface area contributed by atoms with Gasteiger partial charge < -0.3 is 0 Å². The maximum Gasteiger partial charge on any atom is 0.134 e. The third-order valence-corrected chi connectivity index (χ3v) is 5.48. The number of hydrogen-bond donors (Lipinski definition) is 0. The Hall–Kier alpha value is -0.450. The predicted molar refractivity (Wildman–Crippen MR) is 75.5 cm³/mol. The van der Waals surface area contributed by atoms with Crippen molar-refractivity contribution in [1.82, 2.24) is 0 Å². The molecule has 2 aromatic rings. The number of benzene rings is 1. The van der Waals surface area contributed by atoms with Crippen molar-refractivity contribution in [3.8, 4) is 0 Å². The summed E-state index contributed by atoms with van der Waals surface area (Å²) >= 11 is 11.0. The molecule has 5 heteroatoms. The van der Waals surface area contributed by atoms with Gasteiger partial charge in [0.05, 0.1) is 5.38 Å². The molecule has 0 nitrogen and oxygen atoms in total. The molecule has 96 valence electrons. The average molecular weight is 352 g/mol. The van der Waals surface area contributed by atoms with Crippen LogP contribution < -0.4 is 0 Å². The van der Waals surface area contributed by atoms with Gasteiger partial charge in [-0.2, -0.15) is 0 Å². The van der Waals surface area contributed by atoms with Crippen molar-refractivity contribution in [3.63, 3.8) is 0 Å². The van der Waals surface area contributed by atoms with Gasteiger partial charge in [-0.05, 0) is 47.5 Å². The average Bonchev–Trinajstić information content (AvgIpc) is 2.65. The van der Waals surface area contributed by atoms with E-state index in [-0.39, 0.29) is 5.56 Å². The molecule has 1 atom stereocenters. The number of hydrogen-bond acceptors (Lipinski definition) is 1. The smallest absolute Gasteiger partial charge is 0.134 e. The molecular formula is C13H10BrClF2S. The molecule has 0 spiro atoms. The van der Waals surface area contributed by atoms with E-state index in [1.54, 1.807) is 13.0 Å². The van der Waals surface area contributed by atoms with Crippen molar-refractivity contribution in [2.75, 3.05) is 0 Å². The summed E-state index contributed by atoms with van der Waals surface area (Å²) in [6.45, 7) is 3.52. The molecule has 0 aliphatic rings. The summed E-state index contributed by atoms with van der Waals surface area (Å²) in [5.41, 5.74) is 0.315. The van der Waals surface area contributed by atoms with Gasteiger partial charge in [0, 0.05) is 19.8 Å². The lowest BCUT2D eigenvalue weighted by Gasteiger charge is -2.11. The molecule has 1 unspecified atom stereocenters. The van der Waals surface area contributed by atoms with Crippen LogP contribution in [0.15, 0.2) is 22.7 Å². The summed E-state index contributed by atoms with van der Waals surface area (Å²) in [7, 11) is 0. The fourth-order valence-electron chi connectivity index (χ4n) is 1.66. The number of alkyl halides is 1. The SMILES string of the molecule is Cc1ccc(F)c(C(Cl)c2cc(Br)c(C)s2)c1F. The van der Waals surface area contributed by atoms with Crippen molar-refractivity contribution in [1.29, 1.82) is 0 Å². The Balaban J connectivity index is 2.52. The normalized spacial score (nSPS) is 12.8. The largest absolute Gasteiger partial charge is 0.207 e. The minimum Gasteiger partial charge on any atom is -0.207 e. The first kappa shape index (κ1) is 14.0. The van der Waals surface area contributed by atoms with Gasteiger partial charge in [0.2, 0.25) is 0 Å². The molecule has 0 amide bonds. The van der Waals surface area contributed by atoms with E-state index in [9.17, 15) is 8.78 Å². The van der Waals surface area contributed by atoms with Crippen LogP contribution in [0.5, 0.6) is 0 Å². The molecule has 18 heavy (non-hydrogen) atoms. The summed E-state index contributed by atoms with van der Waals surface area (Å²) in [5.74, 6) is -1.18. The summed E-state index contributed by atoms with van der Waals surface area (Å²) < 4.78 is 28.6. The zero-order chi connectivity index (χ0) is 13.4. The van der Waals surface area contributed by atoms with Crippen LogP contribution in [0.1, 0.15) is 26.3 Å². The molecule has 1 heterocycles. The lowest BCUT2D eigenvalue weighted by molar-refractivity contribution is 0.554. The first-order valence-electron chi connectivity index (χ1n) is 5.26. The van der Waals surface area contributed by atoms with Gasteiger partial charge in [-0.15, -0.1) is 22.9 Å². The highest BCUT2D eigenvalue weighted by molar-refractivity contribution is 9.10. The zero-order valence-corrected chi connectivity index (χ0v) is 12.9. The summed E-state index contributed by atoms with van der Waals surface area (Å²) in [6.07, 6.45) is 0. The Bertz CT molecular complexity index is 575. The van der Waals surface area contributed by atoms with E-state index in [2.05, 4.69) is 15.9 Å². The topological polar surface area (TPSA) is 0 Å². The lowest BCUT2D eigenvalue weighted by Crippen LogP contribution is -2.01. The van der Waals surface area contributed by atoms with Crippen LogP contribution in [0.3, 0.4) is 0 Å². The molecular weight excluding hydrogens is 342 g/mol. The third-order valence-electron chi connectivity index (χ3n) is 2.70. The van der Waals surface area contributed by atoms with Gasteiger partial charge in [0.15, 0.2) is 0 Å². The molecule has 0 N–H and O–H groups in total. The van der Waals surface area contributed by atoms with Crippen LogP contribution in [0.4, 0.5) is 8.78 Å². The molecule has 1 aromatic heterocycles. The molecule has 0 saturated heterocycles. The molecule has 0 saturated carbocycles. The van der Waals surface area contributed by atoms with Crippen molar-refractivity contribution in [2.45, 2.75) is 19.2 Å². The van der Waals surface area contributed by atoms with Gasteiger partial charge in [-0.25, -0.2) is 8.78 Å². The molecule has 0 fully saturated rings. The number of aryl methyl sites for hydroxylation is 2. The quantitative estimate of drug-likeness (QED) is 0.606. The Morgan fingerprint density at radius 2 is 1.94 bits per heavy atom. The molecule has 0 bridgehead atoms. The maximum absolute atomic E-state index is 14.0. The van der Waals surface area contributed by atoms with Crippen LogP contribution >= 0.6 is 38.9 Å². The van der Waals surface area contributed by atoms with Crippen LogP contribution in [0.2, 0.25) is 0 Å². The summed E-state index contributed by atoms with van der Waals surface area (Å²) in [5, 5.41) is -0.806. The van der Waals surface area contributed by atoms with Crippen molar-refractivity contribution < 1.29 is 8.78 Å². The maximum atomic E-state index is 14.0. The number of rotatable bonds is 2. The Kier molecular flexibility index (Phi) is 4.09. The number of halogens is 4. The van der Waals surface area contributed by atoms with Crippen LogP contribution in [-0.4, -0.2) is 0 Å². The summed E-state index contributed by atoms with van der Waals surface area (Å²) in [6, 6.07) is 4.46. The van der Waals surface area contributed by atoms with E-state index < -0.39 is 17.0 Å². The van der Waals surface area contributed by atoms with E-state index in [1.807, 2.05) is 6.92 Å². The lowest BCUT2D eigenvalue weighted by atomic mass is 10.1. The second-order valence-corrected chi connectivity index (χ2v) is 6.59. The highest BCUT2D eigenvalue weighted by Crippen LogP contribution is 2.39. The van der Waals surface area contributed by atoms with Crippen molar-refractivity contribution in [3.05, 3.63) is 55.2 Å². The van der Waals surface area contributed by atoms with Gasteiger partial charge in [0.1, 0.15) is 11.6 Å². The van der Waals surface area contributed by atoms with Gasteiger partial charge in [-0.1, -0.05) is 6.07 Å². The Labute approximate surface area is 122 Å². The fraction of sp³-hybridized carbons (Fsp3) is 0.231. The van der Waals surface area contributed by atoms with Crippen molar-refractivity contribution in [2.24, 2.45) is 0 Å². The molecule has 0 aliphatic heterocycles. The molecule has 2 rings (SSSR count). The van der Waals surface area contributed by atoms with Gasteiger partial charge >= 0.3 is 0 Å². The monoisotopic (exact) mass is 350 g/mol. The van der Waals surface area contributed by atoms with E-state index in [4.69, 9.17) is 11.6 Å². The van der Waals surface area contributed by atoms with Gasteiger partial charge in [-0.3, -0.25) is 0 Å². The first-order valence-corrected chi connectivity index (χ1v) is 7.30. The van der Waals surface area contributed by atoms with E-state index in [0.29, 0.717) is 5.56 Å². The molecule has 1 aromatic carbocycles. The summed E-state index contributed by atoms with van der Waals surface area (Å²) in [4.78, 5) is 1.76. The first-order chi connectivity index (χ1) is 8.41. The second-order valence-electron chi connectivity index (χ2n) is 4.01. The second kappa shape index (κ2) is 5.27. The van der Waals surface area contributed by atoms with Crippen LogP contribution in [0.25, 0.3) is 0 Å². The Morgan fingerprint density at radius 3 is 2.50 bits per heavy atom. The van der Waals surface area contributed by atoms with Gasteiger partial charge in [0.25, 0.3) is 0 Å². The fourth-order valence-corrected chi connectivity index (χ4v) is 3.61. The zero-order valence-electron chi connectivity index (χ0n) is 9.73. The Morgan fingerprint density at radius 1 is 1.28 bits per heavy atom. The minimum absolute atomic E-state index is 0.0783. The van der Waals surface area contributed by atoms with E-state index >= 15 is 0 Å².